The molecule has 0 saturated carbocycles. The summed E-state index contributed by atoms with van der Waals surface area (Å²) in [6, 6.07) is 0. The normalized spacial score (nSPS) is 25.9. The van der Waals surface area contributed by atoms with Crippen LogP contribution in [0, 0.1) is 5.92 Å². The zero-order chi connectivity index (χ0) is 10.1. The summed E-state index contributed by atoms with van der Waals surface area (Å²) in [5.74, 6) is -1.16. The molecule has 0 aromatic carbocycles. The highest BCUT2D eigenvalue weighted by atomic mass is 16.4. The largest absolute Gasteiger partial charge is 0.550 e. The molecule has 1 heterocycles. The Morgan fingerprint density at radius 1 is 1.46 bits per heavy atom. The van der Waals surface area contributed by atoms with E-state index in [1.165, 1.54) is 0 Å². The molecule has 3 heteroatoms. The van der Waals surface area contributed by atoms with Crippen molar-refractivity contribution in [1.29, 1.82) is 0 Å². The Hall–Kier alpha value is -0.570. The van der Waals surface area contributed by atoms with E-state index in [0.717, 1.165) is 19.4 Å². The van der Waals surface area contributed by atoms with Gasteiger partial charge in [0.2, 0.25) is 0 Å². The first-order valence-electron chi connectivity index (χ1n) is 4.87. The van der Waals surface area contributed by atoms with Gasteiger partial charge in [0.25, 0.3) is 0 Å². The number of likely N-dealkylation sites (tertiary alicyclic amines) is 1. The molecule has 1 unspecified atom stereocenters. The Kier molecular flexibility index (Phi) is 2.96. The smallest absolute Gasteiger partial charge is 0.0458 e. The quantitative estimate of drug-likeness (QED) is 0.586. The predicted octanol–water partition coefficient (Wildman–Crippen LogP) is 0.247. The number of nitrogens with zero attached hydrogens (tertiary/aromatic N) is 1. The minimum atomic E-state index is -0.894. The SMILES string of the molecule is CC(C)(C)N1CCCC(C(=O)[O-])C1. The molecule has 1 rings (SSSR count). The molecule has 0 radical (unpaired) electrons. The molecule has 0 aliphatic carbocycles. The van der Waals surface area contributed by atoms with Crippen LogP contribution in [0.25, 0.3) is 0 Å². The van der Waals surface area contributed by atoms with Gasteiger partial charge in [-0.3, -0.25) is 4.90 Å². The molecule has 0 bridgehead atoms. The van der Waals surface area contributed by atoms with Gasteiger partial charge in [0.15, 0.2) is 0 Å². The molecule has 3 nitrogen and oxygen atoms in total. The van der Waals surface area contributed by atoms with Crippen LogP contribution in [0.3, 0.4) is 0 Å². The fourth-order valence-corrected chi connectivity index (χ4v) is 1.78. The monoisotopic (exact) mass is 184 g/mol. The van der Waals surface area contributed by atoms with Crippen molar-refractivity contribution in [2.75, 3.05) is 13.1 Å². The van der Waals surface area contributed by atoms with Crippen LogP contribution in [0.1, 0.15) is 33.6 Å². The standard InChI is InChI=1S/C10H19NO2/c1-10(2,3)11-6-4-5-8(7-11)9(12)13/h8H,4-7H2,1-3H3,(H,12,13)/p-1. The number of rotatable bonds is 1. The third-order valence-electron chi connectivity index (χ3n) is 2.70. The first-order valence-corrected chi connectivity index (χ1v) is 4.87. The Morgan fingerprint density at radius 2 is 2.08 bits per heavy atom. The molecule has 0 spiro atoms. The lowest BCUT2D eigenvalue weighted by Crippen LogP contribution is -2.50. The van der Waals surface area contributed by atoms with E-state index in [1.807, 2.05) is 0 Å². The summed E-state index contributed by atoms with van der Waals surface area (Å²) in [4.78, 5) is 12.9. The average molecular weight is 184 g/mol. The van der Waals surface area contributed by atoms with Gasteiger partial charge in [-0.05, 0) is 40.2 Å². The Morgan fingerprint density at radius 3 is 2.54 bits per heavy atom. The van der Waals surface area contributed by atoms with E-state index in [9.17, 15) is 9.90 Å². The van der Waals surface area contributed by atoms with Crippen LogP contribution in [0.5, 0.6) is 0 Å². The molecule has 1 aliphatic rings. The van der Waals surface area contributed by atoms with Gasteiger partial charge in [0.05, 0.1) is 0 Å². The first kappa shape index (κ1) is 10.5. The highest BCUT2D eigenvalue weighted by Crippen LogP contribution is 2.23. The van der Waals surface area contributed by atoms with Crippen molar-refractivity contribution in [3.05, 3.63) is 0 Å². The van der Waals surface area contributed by atoms with Crippen molar-refractivity contribution in [2.24, 2.45) is 5.92 Å². The molecular formula is C10H18NO2-. The van der Waals surface area contributed by atoms with Crippen molar-refractivity contribution < 1.29 is 9.90 Å². The minimum Gasteiger partial charge on any atom is -0.550 e. The second kappa shape index (κ2) is 3.66. The maximum absolute atomic E-state index is 10.7. The highest BCUT2D eigenvalue weighted by molar-refractivity contribution is 5.68. The predicted molar refractivity (Wildman–Crippen MR) is 49.1 cm³/mol. The molecule has 1 atom stereocenters. The summed E-state index contributed by atoms with van der Waals surface area (Å²) in [6.45, 7) is 8.00. The first-order chi connectivity index (χ1) is 5.91. The van der Waals surface area contributed by atoms with E-state index < -0.39 is 5.97 Å². The Balaban J connectivity index is 2.57. The van der Waals surface area contributed by atoms with E-state index in [1.54, 1.807) is 0 Å². The highest BCUT2D eigenvalue weighted by Gasteiger charge is 2.27. The number of carboxylic acids is 1. The Labute approximate surface area is 79.7 Å². The van der Waals surface area contributed by atoms with Gasteiger partial charge < -0.3 is 9.90 Å². The van der Waals surface area contributed by atoms with Crippen molar-refractivity contribution in [1.82, 2.24) is 4.90 Å². The number of carboxylic acid groups (broad SMARTS) is 1. The lowest BCUT2D eigenvalue weighted by atomic mass is 9.94. The van der Waals surface area contributed by atoms with Gasteiger partial charge in [-0.15, -0.1) is 0 Å². The van der Waals surface area contributed by atoms with E-state index >= 15 is 0 Å². The van der Waals surface area contributed by atoms with E-state index in [0.29, 0.717) is 6.54 Å². The Bertz CT molecular complexity index is 196. The molecule has 0 aromatic rings. The average Bonchev–Trinajstić information content (AvgIpc) is 2.03. The van der Waals surface area contributed by atoms with Crippen LogP contribution in [0.2, 0.25) is 0 Å². The zero-order valence-electron chi connectivity index (χ0n) is 8.67. The van der Waals surface area contributed by atoms with E-state index in [2.05, 4.69) is 25.7 Å². The molecule has 76 valence electrons. The van der Waals surface area contributed by atoms with E-state index in [-0.39, 0.29) is 11.5 Å². The minimum absolute atomic E-state index is 0.0775. The van der Waals surface area contributed by atoms with E-state index in [4.69, 9.17) is 0 Å². The van der Waals surface area contributed by atoms with Gasteiger partial charge >= 0.3 is 0 Å². The molecule has 1 saturated heterocycles. The molecule has 13 heavy (non-hydrogen) atoms. The van der Waals surface area contributed by atoms with Crippen LogP contribution in [0.15, 0.2) is 0 Å². The summed E-state index contributed by atoms with van der Waals surface area (Å²) in [6.07, 6.45) is 1.74. The number of piperidine rings is 1. The molecule has 1 fully saturated rings. The summed E-state index contributed by atoms with van der Waals surface area (Å²) in [5, 5.41) is 10.7. The van der Waals surface area contributed by atoms with Crippen LogP contribution < -0.4 is 5.11 Å². The van der Waals surface area contributed by atoms with Gasteiger partial charge in [-0.1, -0.05) is 0 Å². The maximum atomic E-state index is 10.7. The van der Waals surface area contributed by atoms with Crippen molar-refractivity contribution in [3.8, 4) is 0 Å². The zero-order valence-corrected chi connectivity index (χ0v) is 8.67. The fraction of sp³-hybridized carbons (Fsp3) is 0.900. The second-order valence-electron chi connectivity index (χ2n) is 4.78. The van der Waals surface area contributed by atoms with Gasteiger partial charge in [-0.25, -0.2) is 0 Å². The molecule has 0 amide bonds. The number of aliphatic carboxylic acids is 1. The number of carbonyl (C=O) groups excluding carboxylic acids is 1. The maximum Gasteiger partial charge on any atom is 0.0458 e. The van der Waals surface area contributed by atoms with Crippen LogP contribution >= 0.6 is 0 Å². The van der Waals surface area contributed by atoms with Gasteiger partial charge in [0, 0.05) is 24.0 Å². The van der Waals surface area contributed by atoms with Crippen LogP contribution in [-0.2, 0) is 4.79 Å². The summed E-state index contributed by atoms with van der Waals surface area (Å²) >= 11 is 0. The molecule has 0 N–H and O–H groups in total. The van der Waals surface area contributed by atoms with Gasteiger partial charge in [0.1, 0.15) is 0 Å². The van der Waals surface area contributed by atoms with Crippen LogP contribution in [-0.4, -0.2) is 29.5 Å². The topological polar surface area (TPSA) is 43.4 Å². The van der Waals surface area contributed by atoms with Gasteiger partial charge in [-0.2, -0.15) is 0 Å². The lowest BCUT2D eigenvalue weighted by molar-refractivity contribution is -0.313. The fourth-order valence-electron chi connectivity index (χ4n) is 1.78. The van der Waals surface area contributed by atoms with Crippen molar-refractivity contribution in [3.63, 3.8) is 0 Å². The number of carbonyl (C=O) groups is 1. The van der Waals surface area contributed by atoms with Crippen molar-refractivity contribution >= 4 is 5.97 Å². The number of hydrogen-bond acceptors (Lipinski definition) is 3. The number of hydrogen-bond donors (Lipinski definition) is 0. The summed E-state index contributed by atoms with van der Waals surface area (Å²) in [7, 11) is 0. The summed E-state index contributed by atoms with van der Waals surface area (Å²) in [5.41, 5.74) is 0.0775. The third kappa shape index (κ3) is 2.69. The van der Waals surface area contributed by atoms with Crippen LogP contribution in [0.4, 0.5) is 0 Å². The second-order valence-corrected chi connectivity index (χ2v) is 4.78. The lowest BCUT2D eigenvalue weighted by Gasteiger charge is -2.41. The summed E-state index contributed by atoms with van der Waals surface area (Å²) < 4.78 is 0. The molecular weight excluding hydrogens is 166 g/mol. The molecule has 0 aromatic heterocycles. The molecule has 1 aliphatic heterocycles. The van der Waals surface area contributed by atoms with Crippen molar-refractivity contribution in [2.45, 2.75) is 39.2 Å². The third-order valence-corrected chi connectivity index (χ3v) is 2.70.